The van der Waals surface area contributed by atoms with Crippen molar-refractivity contribution < 1.29 is 9.59 Å². The maximum atomic E-state index is 13.7. The van der Waals surface area contributed by atoms with Crippen molar-refractivity contribution in [1.82, 2.24) is 0 Å². The Balaban J connectivity index is 1.67. The molecule has 4 aromatic carbocycles. The topological polar surface area (TPSA) is 40.6 Å². The summed E-state index contributed by atoms with van der Waals surface area (Å²) in [5, 5.41) is 0. The van der Waals surface area contributed by atoms with Crippen LogP contribution in [0.25, 0.3) is 0 Å². The van der Waals surface area contributed by atoms with Crippen LogP contribution in [0.3, 0.4) is 0 Å². The van der Waals surface area contributed by atoms with E-state index in [1.807, 2.05) is 111 Å². The molecule has 0 unspecified atom stereocenters. The fraction of sp³-hybridized carbons (Fsp3) is 0.133. The van der Waals surface area contributed by atoms with E-state index in [2.05, 4.69) is 45.2 Å². The van der Waals surface area contributed by atoms with Crippen LogP contribution in [-0.2, 0) is 0 Å². The first-order valence-electron chi connectivity index (χ1n) is 11.6. The summed E-state index contributed by atoms with van der Waals surface area (Å²) in [6.45, 7) is 4.75. The van der Waals surface area contributed by atoms with Gasteiger partial charge in [0.1, 0.15) is 0 Å². The van der Waals surface area contributed by atoms with Gasteiger partial charge >= 0.3 is 0 Å². The van der Waals surface area contributed by atoms with Crippen molar-refractivity contribution in [1.29, 1.82) is 0 Å². The van der Waals surface area contributed by atoms with Gasteiger partial charge in [0, 0.05) is 42.7 Å². The van der Waals surface area contributed by atoms with Crippen LogP contribution in [0.15, 0.2) is 97.1 Å². The van der Waals surface area contributed by atoms with Gasteiger partial charge in [-0.2, -0.15) is 0 Å². The van der Waals surface area contributed by atoms with Gasteiger partial charge in [-0.3, -0.25) is 9.59 Å². The maximum absolute atomic E-state index is 13.7. The van der Waals surface area contributed by atoms with Gasteiger partial charge in [-0.1, -0.05) is 48.5 Å². The Morgan fingerprint density at radius 1 is 0.583 bits per heavy atom. The molecule has 0 saturated heterocycles. The molecule has 0 aliphatic carbocycles. The second-order valence-electron chi connectivity index (χ2n) is 8.51. The predicted octanol–water partition coefficient (Wildman–Crippen LogP) is 7.51. The molecule has 4 rings (SSSR count). The van der Waals surface area contributed by atoms with Crippen LogP contribution in [-0.4, -0.2) is 24.9 Å². The number of anilines is 2. The third kappa shape index (κ3) is 6.15. The first-order valence-corrected chi connectivity index (χ1v) is 13.8. The molecular weight excluding hydrogens is 674 g/mol. The zero-order valence-electron chi connectivity index (χ0n) is 20.1. The number of hydrogen-bond donors (Lipinski definition) is 0. The molecule has 6 heteroatoms. The van der Waals surface area contributed by atoms with E-state index in [1.54, 1.807) is 9.80 Å². The Labute approximate surface area is 239 Å². The summed E-state index contributed by atoms with van der Waals surface area (Å²) in [7, 11) is 0. The second kappa shape index (κ2) is 12.0. The third-order valence-electron chi connectivity index (χ3n) is 6.01. The normalized spacial score (nSPS) is 10.7. The molecule has 2 amide bonds. The number of aryl methyl sites for hydroxylation is 2. The molecule has 0 radical (unpaired) electrons. The van der Waals surface area contributed by atoms with Gasteiger partial charge in [0.15, 0.2) is 0 Å². The van der Waals surface area contributed by atoms with E-state index in [9.17, 15) is 9.59 Å². The maximum Gasteiger partial charge on any atom is 0.258 e. The highest BCUT2D eigenvalue weighted by atomic mass is 127. The van der Waals surface area contributed by atoms with Gasteiger partial charge in [-0.05, 0) is 119 Å². The van der Waals surface area contributed by atoms with E-state index in [1.165, 1.54) is 0 Å². The summed E-state index contributed by atoms with van der Waals surface area (Å²) >= 11 is 4.51. The Bertz CT molecular complexity index is 1270. The quantitative estimate of drug-likeness (QED) is 0.188. The predicted molar refractivity (Wildman–Crippen MR) is 164 cm³/mol. The van der Waals surface area contributed by atoms with Crippen molar-refractivity contribution in [3.05, 3.63) is 126 Å². The number of para-hydroxylation sites is 2. The molecular formula is C30H26I2N2O2. The van der Waals surface area contributed by atoms with E-state index in [4.69, 9.17) is 0 Å². The third-order valence-corrected chi connectivity index (χ3v) is 8.34. The van der Waals surface area contributed by atoms with E-state index < -0.39 is 0 Å². The largest absolute Gasteiger partial charge is 0.307 e. The van der Waals surface area contributed by atoms with Crippen molar-refractivity contribution in [3.63, 3.8) is 0 Å². The molecule has 36 heavy (non-hydrogen) atoms. The number of benzene rings is 4. The molecule has 0 spiro atoms. The molecule has 0 bridgehead atoms. The number of hydrogen-bond acceptors (Lipinski definition) is 2. The van der Waals surface area contributed by atoms with E-state index >= 15 is 0 Å². The summed E-state index contributed by atoms with van der Waals surface area (Å²) in [6.07, 6.45) is 0. The molecule has 182 valence electrons. The van der Waals surface area contributed by atoms with Gasteiger partial charge in [0.25, 0.3) is 11.8 Å². The van der Waals surface area contributed by atoms with Crippen LogP contribution < -0.4 is 9.80 Å². The minimum Gasteiger partial charge on any atom is -0.307 e. The van der Waals surface area contributed by atoms with Crippen LogP contribution in [0, 0.1) is 21.0 Å². The van der Waals surface area contributed by atoms with Gasteiger partial charge in [-0.25, -0.2) is 0 Å². The van der Waals surface area contributed by atoms with Crippen molar-refractivity contribution in [3.8, 4) is 0 Å². The number of amides is 2. The minimum atomic E-state index is -0.0931. The lowest BCUT2D eigenvalue weighted by Gasteiger charge is -2.28. The number of rotatable bonds is 7. The van der Waals surface area contributed by atoms with Crippen LogP contribution in [0.2, 0.25) is 0 Å². The monoisotopic (exact) mass is 700 g/mol. The first-order chi connectivity index (χ1) is 17.3. The summed E-state index contributed by atoms with van der Waals surface area (Å²) in [4.78, 5) is 30.9. The molecule has 0 aromatic heterocycles. The SMILES string of the molecule is Cc1ccc(C(=O)N(CCN(C(=O)c2ccc(C)c(I)c2)c2ccccc2)c2ccccc2)cc1I. The second-order valence-corrected chi connectivity index (χ2v) is 10.8. The molecule has 0 N–H and O–H groups in total. The van der Waals surface area contributed by atoms with Gasteiger partial charge in [-0.15, -0.1) is 0 Å². The summed E-state index contributed by atoms with van der Waals surface area (Å²) in [5.74, 6) is -0.186. The Kier molecular flexibility index (Phi) is 8.79. The lowest BCUT2D eigenvalue weighted by atomic mass is 10.1. The van der Waals surface area contributed by atoms with Gasteiger partial charge in [0.2, 0.25) is 0 Å². The zero-order chi connectivity index (χ0) is 25.7. The Morgan fingerprint density at radius 3 is 1.28 bits per heavy atom. The molecule has 0 fully saturated rings. The van der Waals surface area contributed by atoms with Crippen LogP contribution in [0.1, 0.15) is 31.8 Å². The average Bonchev–Trinajstić information content (AvgIpc) is 2.90. The fourth-order valence-corrected chi connectivity index (χ4v) is 4.91. The summed E-state index contributed by atoms with van der Waals surface area (Å²) in [5.41, 5.74) is 5.10. The molecule has 0 atom stereocenters. The smallest absolute Gasteiger partial charge is 0.258 e. The highest BCUT2D eigenvalue weighted by molar-refractivity contribution is 14.1. The molecule has 4 nitrogen and oxygen atoms in total. The summed E-state index contributed by atoms with van der Waals surface area (Å²) in [6, 6.07) is 30.7. The van der Waals surface area contributed by atoms with Crippen molar-refractivity contribution in [2.45, 2.75) is 13.8 Å². The van der Waals surface area contributed by atoms with Crippen LogP contribution in [0.5, 0.6) is 0 Å². The van der Waals surface area contributed by atoms with Crippen molar-refractivity contribution >= 4 is 68.4 Å². The fourth-order valence-electron chi connectivity index (χ4n) is 3.88. The van der Waals surface area contributed by atoms with Crippen LogP contribution in [0.4, 0.5) is 11.4 Å². The highest BCUT2D eigenvalue weighted by Gasteiger charge is 2.23. The van der Waals surface area contributed by atoms with Gasteiger partial charge < -0.3 is 9.80 Å². The Morgan fingerprint density at radius 2 is 0.944 bits per heavy atom. The van der Waals surface area contributed by atoms with E-state index in [-0.39, 0.29) is 11.8 Å². The standard InChI is InChI=1S/C30H26I2N2O2/c1-21-13-15-23(19-27(21)31)29(35)33(25-9-5-3-6-10-25)17-18-34(26-11-7-4-8-12-26)30(36)24-16-14-22(2)28(32)20-24/h3-16,19-20H,17-18H2,1-2H3. The highest BCUT2D eigenvalue weighted by Crippen LogP contribution is 2.23. The number of nitrogens with zero attached hydrogens (tertiary/aromatic N) is 2. The molecule has 0 heterocycles. The zero-order valence-corrected chi connectivity index (χ0v) is 24.4. The molecule has 4 aromatic rings. The van der Waals surface area contributed by atoms with Crippen molar-refractivity contribution in [2.75, 3.05) is 22.9 Å². The minimum absolute atomic E-state index is 0.0931. The van der Waals surface area contributed by atoms with Crippen LogP contribution >= 0.6 is 45.2 Å². The first kappa shape index (κ1) is 26.3. The Hall–Kier alpha value is -2.72. The lowest BCUT2D eigenvalue weighted by molar-refractivity contribution is 0.0968. The summed E-state index contributed by atoms with van der Waals surface area (Å²) < 4.78 is 2.09. The molecule has 0 saturated carbocycles. The molecule has 0 aliphatic rings. The lowest BCUT2D eigenvalue weighted by Crippen LogP contribution is -2.41. The number of carbonyl (C=O) groups is 2. The molecule has 0 aliphatic heterocycles. The number of carbonyl (C=O) groups excluding carboxylic acids is 2. The average molecular weight is 700 g/mol. The van der Waals surface area contributed by atoms with Crippen molar-refractivity contribution in [2.24, 2.45) is 0 Å². The van der Waals surface area contributed by atoms with E-state index in [0.717, 1.165) is 29.6 Å². The van der Waals surface area contributed by atoms with E-state index in [0.29, 0.717) is 24.2 Å². The number of halogens is 2. The van der Waals surface area contributed by atoms with Gasteiger partial charge in [0.05, 0.1) is 0 Å².